The molecule has 8 nitrogen and oxygen atoms in total. The van der Waals surface area contributed by atoms with Crippen molar-refractivity contribution in [2.75, 3.05) is 14.2 Å². The Bertz CT molecular complexity index is 926. The molecule has 0 aromatic heterocycles. The molecular weight excluding hydrogens is 348 g/mol. The van der Waals surface area contributed by atoms with E-state index >= 15 is 0 Å². The van der Waals surface area contributed by atoms with Gasteiger partial charge in [0.05, 0.1) is 38.3 Å². The fourth-order valence-electron chi connectivity index (χ4n) is 4.03. The van der Waals surface area contributed by atoms with Crippen molar-refractivity contribution in [3.8, 4) is 29.7 Å². The monoisotopic (exact) mass is 366 g/mol. The van der Waals surface area contributed by atoms with Crippen molar-refractivity contribution in [2.24, 2.45) is 16.7 Å². The largest absolute Gasteiger partial charge is 0.497 e. The van der Waals surface area contributed by atoms with Gasteiger partial charge in [0.25, 0.3) is 0 Å². The summed E-state index contributed by atoms with van der Waals surface area (Å²) < 4.78 is 22.3. The number of nitrogens with zero attached hydrogens (tertiary/aromatic N) is 3. The number of hydrogen-bond donors (Lipinski definition) is 1. The van der Waals surface area contributed by atoms with Crippen molar-refractivity contribution in [1.29, 1.82) is 21.2 Å². The Balaban J connectivity index is 2.36. The van der Waals surface area contributed by atoms with Gasteiger partial charge in [-0.15, -0.1) is 0 Å². The molecule has 0 unspecified atom stereocenters. The maximum atomic E-state index is 10.1. The lowest BCUT2D eigenvalue weighted by Crippen LogP contribution is -2.57. The van der Waals surface area contributed by atoms with Gasteiger partial charge in [0, 0.05) is 12.5 Å². The second-order valence-corrected chi connectivity index (χ2v) is 6.73. The van der Waals surface area contributed by atoms with Crippen LogP contribution in [0.25, 0.3) is 0 Å². The van der Waals surface area contributed by atoms with Crippen LogP contribution < -0.4 is 9.47 Å². The molecule has 0 aliphatic carbocycles. The highest BCUT2D eigenvalue weighted by Gasteiger charge is 2.78. The minimum Gasteiger partial charge on any atom is -0.497 e. The summed E-state index contributed by atoms with van der Waals surface area (Å²) in [5.74, 6) is -1.66. The van der Waals surface area contributed by atoms with Gasteiger partial charge in [-0.1, -0.05) is 6.92 Å². The molecule has 4 atom stereocenters. The summed E-state index contributed by atoms with van der Waals surface area (Å²) in [5.41, 5.74) is -3.44. The Labute approximate surface area is 156 Å². The number of nitrogens with one attached hydrogen (secondary N) is 1. The molecule has 8 heteroatoms. The molecule has 2 fully saturated rings. The fourth-order valence-corrected chi connectivity index (χ4v) is 4.03. The quantitative estimate of drug-likeness (QED) is 0.869. The topological polar surface area (TPSA) is 132 Å². The van der Waals surface area contributed by atoms with E-state index in [9.17, 15) is 15.8 Å². The second kappa shape index (κ2) is 5.87. The van der Waals surface area contributed by atoms with Gasteiger partial charge in [-0.25, -0.2) is 0 Å². The number of benzene rings is 1. The first-order valence-corrected chi connectivity index (χ1v) is 8.21. The molecule has 0 saturated carbocycles. The van der Waals surface area contributed by atoms with Crippen molar-refractivity contribution in [1.82, 2.24) is 0 Å². The minimum absolute atomic E-state index is 0.368. The smallest absolute Gasteiger partial charge is 0.214 e. The zero-order chi connectivity index (χ0) is 20.0. The highest BCUT2D eigenvalue weighted by Crippen LogP contribution is 2.66. The number of methoxy groups -OCH3 is 2. The van der Waals surface area contributed by atoms with Gasteiger partial charge in [-0.05, 0) is 18.2 Å². The maximum absolute atomic E-state index is 10.1. The van der Waals surface area contributed by atoms with Crippen LogP contribution in [0.1, 0.15) is 25.5 Å². The van der Waals surface area contributed by atoms with E-state index in [0.29, 0.717) is 17.1 Å². The van der Waals surface area contributed by atoms with Gasteiger partial charge in [-0.2, -0.15) is 15.8 Å². The predicted molar refractivity (Wildman–Crippen MR) is 91.5 cm³/mol. The molecule has 1 aromatic rings. The average Bonchev–Trinajstić information content (AvgIpc) is 2.82. The van der Waals surface area contributed by atoms with Crippen molar-refractivity contribution < 1.29 is 18.9 Å². The number of ether oxygens (including phenoxy) is 4. The molecule has 2 saturated heterocycles. The molecule has 0 radical (unpaired) electrons. The van der Waals surface area contributed by atoms with Crippen LogP contribution in [-0.2, 0) is 9.47 Å². The van der Waals surface area contributed by atoms with Gasteiger partial charge in [0.2, 0.25) is 17.1 Å². The molecule has 1 N–H and O–H groups in total. The van der Waals surface area contributed by atoms with Crippen LogP contribution >= 0.6 is 0 Å². The van der Waals surface area contributed by atoms with E-state index in [1.807, 2.05) is 18.2 Å². The normalized spacial score (nSPS) is 33.1. The van der Waals surface area contributed by atoms with E-state index in [0.717, 1.165) is 0 Å². The summed E-state index contributed by atoms with van der Waals surface area (Å²) >= 11 is 0. The van der Waals surface area contributed by atoms with Crippen molar-refractivity contribution in [2.45, 2.75) is 25.7 Å². The SMILES string of the molecule is COc1ccc(OC)c([C@H]2O[C@]3(C)OC(=N)[C@](C#N)([C@H]3C)C2(C#N)C#N)c1. The standard InChI is InChI=1S/C19H18N4O4/c1-11-17(2)26-15(13-7-12(24-3)5-6-14(13)25-4)18(8-20,9-21)19(11,10-22)16(23)27-17/h5-7,11,15,23H,1-4H3/t11-,15+,17+,19-/m0/s1. The summed E-state index contributed by atoms with van der Waals surface area (Å²) in [6.45, 7) is 3.25. The third-order valence-electron chi connectivity index (χ3n) is 5.71. The molecule has 2 bridgehead atoms. The Morgan fingerprint density at radius 1 is 1.11 bits per heavy atom. The molecule has 0 spiro atoms. The van der Waals surface area contributed by atoms with Crippen LogP contribution in [0.3, 0.4) is 0 Å². The Morgan fingerprint density at radius 3 is 2.30 bits per heavy atom. The maximum Gasteiger partial charge on any atom is 0.214 e. The van der Waals surface area contributed by atoms with E-state index in [1.54, 1.807) is 32.0 Å². The van der Waals surface area contributed by atoms with E-state index < -0.39 is 34.5 Å². The number of hydrogen-bond acceptors (Lipinski definition) is 8. The van der Waals surface area contributed by atoms with E-state index in [4.69, 9.17) is 24.4 Å². The second-order valence-electron chi connectivity index (χ2n) is 6.73. The molecule has 2 aliphatic rings. The van der Waals surface area contributed by atoms with Gasteiger partial charge < -0.3 is 18.9 Å². The highest BCUT2D eigenvalue weighted by molar-refractivity contribution is 5.89. The third-order valence-corrected chi connectivity index (χ3v) is 5.71. The number of nitriles is 3. The van der Waals surface area contributed by atoms with E-state index in [-0.39, 0.29) is 0 Å². The van der Waals surface area contributed by atoms with Gasteiger partial charge >= 0.3 is 0 Å². The zero-order valence-electron chi connectivity index (χ0n) is 15.4. The highest BCUT2D eigenvalue weighted by atomic mass is 16.7. The Kier molecular flexibility index (Phi) is 4.03. The molecule has 1 aromatic carbocycles. The van der Waals surface area contributed by atoms with E-state index in [1.165, 1.54) is 14.2 Å². The van der Waals surface area contributed by atoms with Gasteiger partial charge in [0.1, 0.15) is 17.6 Å². The first-order valence-electron chi connectivity index (χ1n) is 8.21. The van der Waals surface area contributed by atoms with Crippen LogP contribution in [0.15, 0.2) is 18.2 Å². The molecular formula is C19H18N4O4. The fraction of sp³-hybridized carbons (Fsp3) is 0.474. The molecule has 0 amide bonds. The Hall–Kier alpha value is -3.28. The third kappa shape index (κ3) is 2.01. The summed E-state index contributed by atoms with van der Waals surface area (Å²) in [5, 5.41) is 38.5. The lowest BCUT2D eigenvalue weighted by Gasteiger charge is -2.47. The first kappa shape index (κ1) is 18.5. The lowest BCUT2D eigenvalue weighted by molar-refractivity contribution is -0.269. The molecule has 138 valence electrons. The summed E-state index contributed by atoms with van der Waals surface area (Å²) in [4.78, 5) is 0. The summed E-state index contributed by atoms with van der Waals surface area (Å²) in [6.07, 6.45) is -1.19. The minimum atomic E-state index is -2.02. The number of fused-ring (bicyclic) bond motifs is 2. The Morgan fingerprint density at radius 2 is 1.78 bits per heavy atom. The van der Waals surface area contributed by atoms with Gasteiger partial charge in [-0.3, -0.25) is 5.41 Å². The predicted octanol–water partition coefficient (Wildman–Crippen LogP) is 2.68. The number of rotatable bonds is 3. The lowest BCUT2D eigenvalue weighted by atomic mass is 9.54. The summed E-state index contributed by atoms with van der Waals surface area (Å²) in [7, 11) is 2.93. The molecule has 2 aliphatic heterocycles. The zero-order valence-corrected chi connectivity index (χ0v) is 15.4. The molecule has 27 heavy (non-hydrogen) atoms. The summed E-state index contributed by atoms with van der Waals surface area (Å²) in [6, 6.07) is 10.9. The molecule has 3 rings (SSSR count). The van der Waals surface area contributed by atoms with Crippen molar-refractivity contribution in [3.05, 3.63) is 23.8 Å². The van der Waals surface area contributed by atoms with Crippen molar-refractivity contribution >= 4 is 5.90 Å². The van der Waals surface area contributed by atoms with Crippen LogP contribution in [0.2, 0.25) is 0 Å². The van der Waals surface area contributed by atoms with E-state index in [2.05, 4.69) is 0 Å². The average molecular weight is 366 g/mol. The van der Waals surface area contributed by atoms with Crippen LogP contribution in [0.5, 0.6) is 11.5 Å². The van der Waals surface area contributed by atoms with Crippen LogP contribution in [0.4, 0.5) is 0 Å². The molecule has 2 heterocycles. The van der Waals surface area contributed by atoms with Crippen LogP contribution in [0, 0.1) is 56.2 Å². The first-order chi connectivity index (χ1) is 12.8. The van der Waals surface area contributed by atoms with Crippen molar-refractivity contribution in [3.63, 3.8) is 0 Å². The van der Waals surface area contributed by atoms with Gasteiger partial charge in [0.15, 0.2) is 5.41 Å². The van der Waals surface area contributed by atoms with Crippen LogP contribution in [-0.4, -0.2) is 25.9 Å².